The Morgan fingerprint density at radius 3 is 2.92 bits per heavy atom. The third-order valence-electron chi connectivity index (χ3n) is 5.16. The standard InChI is InChI=1S/C18H30N4OS/c1-3-15-13-21-16(24-15)5-9-20-17(19-4-2)22-10-6-18(14-22)7-11-23-12-8-18/h13H,3-12,14H2,1-2H3,(H,19,20). The molecule has 3 rings (SSSR count). The van der Waals surface area contributed by atoms with Crippen LogP contribution in [0.15, 0.2) is 11.2 Å². The van der Waals surface area contributed by atoms with Gasteiger partial charge in [-0.15, -0.1) is 11.3 Å². The lowest BCUT2D eigenvalue weighted by Gasteiger charge is -2.33. The number of thiazole rings is 1. The van der Waals surface area contributed by atoms with Gasteiger partial charge in [-0.1, -0.05) is 6.92 Å². The number of rotatable bonds is 5. The Hall–Kier alpha value is -1.14. The van der Waals surface area contributed by atoms with E-state index in [4.69, 9.17) is 9.73 Å². The van der Waals surface area contributed by atoms with E-state index in [2.05, 4.69) is 29.0 Å². The minimum absolute atomic E-state index is 0.458. The predicted molar refractivity (Wildman–Crippen MR) is 99.9 cm³/mol. The van der Waals surface area contributed by atoms with Gasteiger partial charge in [-0.05, 0) is 38.0 Å². The third-order valence-corrected chi connectivity index (χ3v) is 6.36. The van der Waals surface area contributed by atoms with Crippen LogP contribution < -0.4 is 5.32 Å². The van der Waals surface area contributed by atoms with Crippen LogP contribution in [0.25, 0.3) is 0 Å². The zero-order valence-corrected chi connectivity index (χ0v) is 15.8. The second-order valence-electron chi connectivity index (χ2n) is 6.84. The summed E-state index contributed by atoms with van der Waals surface area (Å²) in [7, 11) is 0. The van der Waals surface area contributed by atoms with Crippen molar-refractivity contribution in [3.05, 3.63) is 16.1 Å². The average molecular weight is 351 g/mol. The fourth-order valence-corrected chi connectivity index (χ4v) is 4.49. The summed E-state index contributed by atoms with van der Waals surface area (Å²) in [6.07, 6.45) is 7.68. The highest BCUT2D eigenvalue weighted by Gasteiger charge is 2.40. The number of guanidine groups is 1. The molecule has 6 heteroatoms. The Morgan fingerprint density at radius 2 is 2.21 bits per heavy atom. The fourth-order valence-electron chi connectivity index (χ4n) is 3.64. The molecule has 2 saturated heterocycles. The quantitative estimate of drug-likeness (QED) is 0.655. The smallest absolute Gasteiger partial charge is 0.193 e. The summed E-state index contributed by atoms with van der Waals surface area (Å²) in [5.74, 6) is 1.08. The zero-order valence-electron chi connectivity index (χ0n) is 15.0. The number of nitrogens with zero attached hydrogens (tertiary/aromatic N) is 3. The van der Waals surface area contributed by atoms with Crippen LogP contribution >= 0.6 is 11.3 Å². The molecular weight excluding hydrogens is 320 g/mol. The highest BCUT2D eigenvalue weighted by atomic mass is 32.1. The van der Waals surface area contributed by atoms with Crippen LogP contribution in [-0.4, -0.2) is 55.2 Å². The first-order valence-electron chi connectivity index (χ1n) is 9.29. The van der Waals surface area contributed by atoms with Gasteiger partial charge in [0, 0.05) is 56.9 Å². The molecule has 0 aliphatic carbocycles. The van der Waals surface area contributed by atoms with Crippen molar-refractivity contribution < 1.29 is 4.74 Å². The molecule has 2 aliphatic heterocycles. The van der Waals surface area contributed by atoms with Gasteiger partial charge in [-0.3, -0.25) is 4.99 Å². The van der Waals surface area contributed by atoms with E-state index in [1.165, 1.54) is 29.1 Å². The number of aliphatic imine (C=N–C) groups is 1. The van der Waals surface area contributed by atoms with Crippen molar-refractivity contribution in [3.63, 3.8) is 0 Å². The molecule has 0 unspecified atom stereocenters. The van der Waals surface area contributed by atoms with Crippen LogP contribution in [0.4, 0.5) is 0 Å². The lowest BCUT2D eigenvalue weighted by molar-refractivity contribution is 0.0217. The molecule has 3 heterocycles. The van der Waals surface area contributed by atoms with Crippen LogP contribution in [0.1, 0.15) is 43.0 Å². The normalized spacial score (nSPS) is 20.8. The summed E-state index contributed by atoms with van der Waals surface area (Å²) in [4.78, 5) is 13.2. The monoisotopic (exact) mass is 350 g/mol. The molecule has 0 aromatic carbocycles. The summed E-state index contributed by atoms with van der Waals surface area (Å²) in [5.41, 5.74) is 0.458. The molecule has 134 valence electrons. The Kier molecular flexibility index (Phi) is 6.11. The van der Waals surface area contributed by atoms with Crippen LogP contribution in [0, 0.1) is 5.41 Å². The Morgan fingerprint density at radius 1 is 1.38 bits per heavy atom. The number of hydrogen-bond acceptors (Lipinski definition) is 4. The molecular formula is C18H30N4OS. The van der Waals surface area contributed by atoms with E-state index in [0.29, 0.717) is 5.41 Å². The first-order chi connectivity index (χ1) is 11.7. The van der Waals surface area contributed by atoms with Gasteiger partial charge in [0.05, 0.1) is 5.01 Å². The molecule has 2 aliphatic rings. The van der Waals surface area contributed by atoms with Gasteiger partial charge < -0.3 is 15.0 Å². The molecule has 2 fully saturated rings. The van der Waals surface area contributed by atoms with Crippen molar-refractivity contribution in [1.82, 2.24) is 15.2 Å². The molecule has 0 amide bonds. The van der Waals surface area contributed by atoms with Crippen molar-refractivity contribution in [2.24, 2.45) is 10.4 Å². The number of likely N-dealkylation sites (tertiary alicyclic amines) is 1. The lowest BCUT2D eigenvalue weighted by Crippen LogP contribution is -2.42. The molecule has 1 N–H and O–H groups in total. The summed E-state index contributed by atoms with van der Waals surface area (Å²) >= 11 is 1.82. The number of ether oxygens (including phenoxy) is 1. The van der Waals surface area contributed by atoms with E-state index in [-0.39, 0.29) is 0 Å². The fraction of sp³-hybridized carbons (Fsp3) is 0.778. The molecule has 1 aromatic heterocycles. The summed E-state index contributed by atoms with van der Waals surface area (Å²) in [6.45, 7) is 10.1. The molecule has 0 bridgehead atoms. The van der Waals surface area contributed by atoms with E-state index in [0.717, 1.165) is 58.2 Å². The number of nitrogens with one attached hydrogen (secondary N) is 1. The van der Waals surface area contributed by atoms with Crippen molar-refractivity contribution in [3.8, 4) is 0 Å². The number of hydrogen-bond donors (Lipinski definition) is 1. The van der Waals surface area contributed by atoms with Gasteiger partial charge >= 0.3 is 0 Å². The van der Waals surface area contributed by atoms with Crippen molar-refractivity contribution in [2.75, 3.05) is 39.4 Å². The number of aryl methyl sites for hydroxylation is 1. The predicted octanol–water partition coefficient (Wildman–Crippen LogP) is 2.72. The second-order valence-corrected chi connectivity index (χ2v) is 8.04. The van der Waals surface area contributed by atoms with E-state index in [9.17, 15) is 0 Å². The van der Waals surface area contributed by atoms with Crippen LogP contribution in [-0.2, 0) is 17.6 Å². The van der Waals surface area contributed by atoms with Gasteiger partial charge in [0.2, 0.25) is 0 Å². The number of aromatic nitrogens is 1. The van der Waals surface area contributed by atoms with Gasteiger partial charge in [0.1, 0.15) is 0 Å². The van der Waals surface area contributed by atoms with Crippen LogP contribution in [0.3, 0.4) is 0 Å². The average Bonchev–Trinajstić information content (AvgIpc) is 3.22. The highest BCUT2D eigenvalue weighted by Crippen LogP contribution is 2.39. The third kappa shape index (κ3) is 4.28. The van der Waals surface area contributed by atoms with Gasteiger partial charge in [0.15, 0.2) is 5.96 Å². The molecule has 0 atom stereocenters. The lowest BCUT2D eigenvalue weighted by atomic mass is 9.80. The zero-order chi connectivity index (χ0) is 16.8. The molecule has 5 nitrogen and oxygen atoms in total. The molecule has 1 spiro atoms. The van der Waals surface area contributed by atoms with E-state index >= 15 is 0 Å². The maximum absolute atomic E-state index is 5.55. The molecule has 0 saturated carbocycles. The van der Waals surface area contributed by atoms with Crippen molar-refractivity contribution in [2.45, 2.75) is 46.0 Å². The minimum Gasteiger partial charge on any atom is -0.381 e. The van der Waals surface area contributed by atoms with Gasteiger partial charge in [-0.2, -0.15) is 0 Å². The molecule has 1 aromatic rings. The molecule has 24 heavy (non-hydrogen) atoms. The summed E-state index contributed by atoms with van der Waals surface area (Å²) in [5, 5.41) is 4.68. The van der Waals surface area contributed by atoms with Gasteiger partial charge in [-0.25, -0.2) is 4.98 Å². The molecule has 0 radical (unpaired) electrons. The van der Waals surface area contributed by atoms with Gasteiger partial charge in [0.25, 0.3) is 0 Å². The topological polar surface area (TPSA) is 49.8 Å². The first kappa shape index (κ1) is 17.7. The maximum Gasteiger partial charge on any atom is 0.193 e. The van der Waals surface area contributed by atoms with E-state index < -0.39 is 0 Å². The van der Waals surface area contributed by atoms with E-state index in [1.807, 2.05) is 17.5 Å². The SMILES string of the molecule is CCNC(=NCCc1ncc(CC)s1)N1CCC2(CCOCC2)C1. The van der Waals surface area contributed by atoms with E-state index in [1.54, 1.807) is 0 Å². The Bertz CT molecular complexity index is 551. The Balaban J connectivity index is 1.57. The second kappa shape index (κ2) is 8.30. The summed E-state index contributed by atoms with van der Waals surface area (Å²) in [6, 6.07) is 0. The first-order valence-corrected chi connectivity index (χ1v) is 10.1. The minimum atomic E-state index is 0.458. The maximum atomic E-state index is 5.55. The van der Waals surface area contributed by atoms with Crippen LogP contribution in [0.5, 0.6) is 0 Å². The Labute approximate surface area is 149 Å². The largest absolute Gasteiger partial charge is 0.381 e. The summed E-state index contributed by atoms with van der Waals surface area (Å²) < 4.78 is 5.55. The van der Waals surface area contributed by atoms with Crippen molar-refractivity contribution >= 4 is 17.3 Å². The van der Waals surface area contributed by atoms with Crippen LogP contribution in [0.2, 0.25) is 0 Å². The van der Waals surface area contributed by atoms with Crippen molar-refractivity contribution in [1.29, 1.82) is 0 Å². The highest BCUT2D eigenvalue weighted by molar-refractivity contribution is 7.11.